The molecule has 1 rings (SSSR count). The van der Waals surface area contributed by atoms with Gasteiger partial charge in [0.2, 0.25) is 0 Å². The van der Waals surface area contributed by atoms with Gasteiger partial charge in [-0.25, -0.2) is 0 Å². The molecule has 0 fully saturated rings. The van der Waals surface area contributed by atoms with Gasteiger partial charge in [0.1, 0.15) is 0 Å². The van der Waals surface area contributed by atoms with Crippen molar-refractivity contribution in [3.63, 3.8) is 0 Å². The molecule has 0 saturated heterocycles. The summed E-state index contributed by atoms with van der Waals surface area (Å²) in [6.45, 7) is 1.26. The summed E-state index contributed by atoms with van der Waals surface area (Å²) in [5.41, 5.74) is 5.66. The van der Waals surface area contributed by atoms with Gasteiger partial charge in [-0.05, 0) is 18.6 Å². The van der Waals surface area contributed by atoms with Gasteiger partial charge in [0.25, 0.3) is 0 Å². The van der Waals surface area contributed by atoms with E-state index < -0.39 is 24.5 Å². The molecule has 1 aromatic heterocycles. The molecule has 0 atom stereocenters. The first-order valence-corrected chi connectivity index (χ1v) is 4.90. The lowest BCUT2D eigenvalue weighted by Gasteiger charge is -2.14. The van der Waals surface area contributed by atoms with Crippen molar-refractivity contribution in [2.45, 2.75) is 26.3 Å². The van der Waals surface area contributed by atoms with Crippen LogP contribution in [0.3, 0.4) is 0 Å². The number of nitrogens with two attached hydrogens (primary N) is 1. The molecule has 0 aliphatic heterocycles. The van der Waals surface area contributed by atoms with Crippen LogP contribution in [0.5, 0.6) is 5.75 Å². The van der Waals surface area contributed by atoms with E-state index in [9.17, 15) is 18.0 Å². The Morgan fingerprint density at radius 2 is 2.17 bits per heavy atom. The van der Waals surface area contributed by atoms with Gasteiger partial charge in [-0.2, -0.15) is 0 Å². The fourth-order valence-corrected chi connectivity index (χ4v) is 1.38. The highest BCUT2D eigenvalue weighted by molar-refractivity contribution is 5.70. The summed E-state index contributed by atoms with van der Waals surface area (Å²) in [5.74, 6) is -1.73. The molecule has 0 aromatic carbocycles. The topological polar surface area (TPSA) is 85.4 Å². The maximum absolute atomic E-state index is 12.1. The number of aromatic nitrogens is 1. The number of carboxylic acids is 1. The first kappa shape index (κ1) is 14.2. The number of pyridine rings is 1. The molecule has 1 heterocycles. The molecule has 0 amide bonds. The van der Waals surface area contributed by atoms with E-state index in [-0.39, 0.29) is 17.8 Å². The Morgan fingerprint density at radius 1 is 1.56 bits per heavy atom. The summed E-state index contributed by atoms with van der Waals surface area (Å²) in [6, 6.07) is 1.01. The number of carbonyl (C=O) groups is 1. The lowest BCUT2D eigenvalue weighted by molar-refractivity contribution is -0.275. The standard InChI is InChI=1S/C10H11F3N2O3/c1-5-6(3-9(16)17)2-8(7(4-14)15-5)18-10(11,12)13/h2H,3-4,14H2,1H3,(H,16,17). The van der Waals surface area contributed by atoms with Gasteiger partial charge in [0, 0.05) is 12.2 Å². The SMILES string of the molecule is Cc1nc(CN)c(OC(F)(F)F)cc1CC(=O)O. The smallest absolute Gasteiger partial charge is 0.481 e. The Kier molecular flexibility index (Phi) is 4.12. The number of halogens is 3. The highest BCUT2D eigenvalue weighted by Gasteiger charge is 2.32. The molecule has 0 spiro atoms. The van der Waals surface area contributed by atoms with Crippen LogP contribution in [0.4, 0.5) is 13.2 Å². The summed E-state index contributed by atoms with van der Waals surface area (Å²) in [5, 5.41) is 8.63. The maximum atomic E-state index is 12.1. The van der Waals surface area contributed by atoms with Gasteiger partial charge in [-0.15, -0.1) is 13.2 Å². The number of alkyl halides is 3. The van der Waals surface area contributed by atoms with Gasteiger partial charge in [-0.3, -0.25) is 9.78 Å². The minimum Gasteiger partial charge on any atom is -0.481 e. The van der Waals surface area contributed by atoms with Crippen LogP contribution in [0.25, 0.3) is 0 Å². The number of carboxylic acid groups (broad SMARTS) is 1. The molecule has 18 heavy (non-hydrogen) atoms. The number of aliphatic carboxylic acids is 1. The van der Waals surface area contributed by atoms with E-state index in [4.69, 9.17) is 10.8 Å². The molecule has 0 radical (unpaired) electrons. The second-order valence-electron chi connectivity index (χ2n) is 3.50. The molecule has 8 heteroatoms. The number of aryl methyl sites for hydroxylation is 1. The van der Waals surface area contributed by atoms with Crippen molar-refractivity contribution in [2.24, 2.45) is 5.73 Å². The predicted octanol–water partition coefficient (Wildman–Crippen LogP) is 1.37. The predicted molar refractivity (Wildman–Crippen MR) is 54.9 cm³/mol. The third-order valence-electron chi connectivity index (χ3n) is 2.12. The lowest BCUT2D eigenvalue weighted by Crippen LogP contribution is -2.20. The quantitative estimate of drug-likeness (QED) is 0.857. The van der Waals surface area contributed by atoms with Crippen molar-refractivity contribution in [3.05, 3.63) is 23.0 Å². The summed E-state index contributed by atoms with van der Waals surface area (Å²) in [6.07, 6.45) is -5.31. The molecule has 0 aliphatic carbocycles. The van der Waals surface area contributed by atoms with E-state index in [1.165, 1.54) is 6.92 Å². The average Bonchev–Trinajstić information content (AvgIpc) is 2.19. The summed E-state index contributed by atoms with van der Waals surface area (Å²) < 4.78 is 40.2. The van der Waals surface area contributed by atoms with Gasteiger partial charge in [-0.1, -0.05) is 0 Å². The van der Waals surface area contributed by atoms with E-state index in [1.807, 2.05) is 0 Å². The number of hydrogen-bond acceptors (Lipinski definition) is 4. The maximum Gasteiger partial charge on any atom is 0.573 e. The zero-order valence-corrected chi connectivity index (χ0v) is 9.41. The van der Waals surface area contributed by atoms with Crippen LogP contribution >= 0.6 is 0 Å². The van der Waals surface area contributed by atoms with Gasteiger partial charge < -0.3 is 15.6 Å². The molecule has 5 nitrogen and oxygen atoms in total. The summed E-state index contributed by atoms with van der Waals surface area (Å²) >= 11 is 0. The second kappa shape index (κ2) is 5.21. The Bertz CT molecular complexity index is 460. The average molecular weight is 264 g/mol. The Hall–Kier alpha value is -1.83. The van der Waals surface area contributed by atoms with Crippen molar-refractivity contribution in [1.29, 1.82) is 0 Å². The Balaban J connectivity index is 3.17. The third-order valence-corrected chi connectivity index (χ3v) is 2.12. The highest BCUT2D eigenvalue weighted by Crippen LogP contribution is 2.27. The van der Waals surface area contributed by atoms with Gasteiger partial charge >= 0.3 is 12.3 Å². The Labute approximate surface area is 100 Å². The number of ether oxygens (including phenoxy) is 1. The minimum absolute atomic E-state index is 0.0704. The molecular weight excluding hydrogens is 253 g/mol. The van der Waals surface area contributed by atoms with Crippen LogP contribution in [0.2, 0.25) is 0 Å². The molecule has 0 aliphatic rings. The van der Waals surface area contributed by atoms with Crippen LogP contribution in [0, 0.1) is 6.92 Å². The Morgan fingerprint density at radius 3 is 2.61 bits per heavy atom. The van der Waals surface area contributed by atoms with Gasteiger partial charge in [0.15, 0.2) is 5.75 Å². The fourth-order valence-electron chi connectivity index (χ4n) is 1.38. The lowest BCUT2D eigenvalue weighted by atomic mass is 10.1. The number of hydrogen-bond donors (Lipinski definition) is 2. The normalized spacial score (nSPS) is 11.4. The second-order valence-corrected chi connectivity index (χ2v) is 3.50. The summed E-state index contributed by atoms with van der Waals surface area (Å²) in [7, 11) is 0. The van der Waals surface area contributed by atoms with Crippen molar-refractivity contribution >= 4 is 5.97 Å². The van der Waals surface area contributed by atoms with Crippen LogP contribution < -0.4 is 10.5 Å². The minimum atomic E-state index is -4.87. The van der Waals surface area contributed by atoms with Crippen LogP contribution in [0.1, 0.15) is 17.0 Å². The van der Waals surface area contributed by atoms with Crippen molar-refractivity contribution in [3.8, 4) is 5.75 Å². The molecule has 0 unspecified atom stereocenters. The van der Waals surface area contributed by atoms with E-state index in [1.54, 1.807) is 0 Å². The van der Waals surface area contributed by atoms with E-state index in [0.717, 1.165) is 6.07 Å². The van der Waals surface area contributed by atoms with E-state index in [0.29, 0.717) is 5.69 Å². The van der Waals surface area contributed by atoms with Crippen LogP contribution in [0.15, 0.2) is 6.07 Å². The molecule has 100 valence electrons. The van der Waals surface area contributed by atoms with E-state index in [2.05, 4.69) is 9.72 Å². The van der Waals surface area contributed by atoms with Crippen molar-refractivity contribution in [1.82, 2.24) is 4.98 Å². The first-order valence-electron chi connectivity index (χ1n) is 4.90. The molecule has 0 saturated carbocycles. The summed E-state index contributed by atoms with van der Waals surface area (Å²) in [4.78, 5) is 14.4. The van der Waals surface area contributed by atoms with Crippen LogP contribution in [-0.4, -0.2) is 22.4 Å². The zero-order chi connectivity index (χ0) is 13.9. The largest absolute Gasteiger partial charge is 0.573 e. The van der Waals surface area contributed by atoms with Crippen molar-refractivity contribution < 1.29 is 27.8 Å². The molecule has 1 aromatic rings. The monoisotopic (exact) mass is 264 g/mol. The van der Waals surface area contributed by atoms with E-state index >= 15 is 0 Å². The molecular formula is C10H11F3N2O3. The van der Waals surface area contributed by atoms with Crippen LogP contribution in [-0.2, 0) is 17.8 Å². The third kappa shape index (κ3) is 3.88. The first-order chi connectivity index (χ1) is 8.23. The molecule has 0 bridgehead atoms. The fraction of sp³-hybridized carbons (Fsp3) is 0.400. The molecule has 3 N–H and O–H groups in total. The van der Waals surface area contributed by atoms with Crippen molar-refractivity contribution in [2.75, 3.05) is 0 Å². The number of rotatable bonds is 4. The zero-order valence-electron chi connectivity index (χ0n) is 9.41. The van der Waals surface area contributed by atoms with Gasteiger partial charge in [0.05, 0.1) is 12.1 Å². The highest BCUT2D eigenvalue weighted by atomic mass is 19.4. The number of nitrogens with zero attached hydrogens (tertiary/aromatic N) is 1.